The van der Waals surface area contributed by atoms with Crippen molar-refractivity contribution < 1.29 is 28.6 Å². The van der Waals surface area contributed by atoms with Gasteiger partial charge in [0.25, 0.3) is 0 Å². The molecule has 0 saturated carbocycles. The molecule has 0 fully saturated rings. The van der Waals surface area contributed by atoms with Crippen molar-refractivity contribution in [2.24, 2.45) is 0 Å². The minimum atomic E-state index is -0.761. The third-order valence-electron chi connectivity index (χ3n) is 13.6. The first-order valence-corrected chi connectivity index (χ1v) is 29.5. The fourth-order valence-electron chi connectivity index (χ4n) is 9.15. The van der Waals surface area contributed by atoms with Crippen LogP contribution in [0.2, 0.25) is 0 Å². The highest BCUT2D eigenvalue weighted by atomic mass is 16.6. The van der Waals surface area contributed by atoms with Gasteiger partial charge in [0, 0.05) is 19.3 Å². The van der Waals surface area contributed by atoms with E-state index in [1.165, 1.54) is 244 Å². The fourth-order valence-corrected chi connectivity index (χ4v) is 9.15. The second-order valence-electron chi connectivity index (χ2n) is 20.3. The van der Waals surface area contributed by atoms with E-state index in [2.05, 4.69) is 20.8 Å². The molecule has 0 bridgehead atoms. The lowest BCUT2D eigenvalue weighted by Gasteiger charge is -2.18. The van der Waals surface area contributed by atoms with Gasteiger partial charge in [-0.2, -0.15) is 0 Å². The molecule has 6 heteroatoms. The fraction of sp³-hybridized carbons (Fsp3) is 0.949. The van der Waals surface area contributed by atoms with Crippen LogP contribution in [0.1, 0.15) is 342 Å². The minimum absolute atomic E-state index is 0.0610. The van der Waals surface area contributed by atoms with E-state index in [1.54, 1.807) is 0 Å². The topological polar surface area (TPSA) is 78.9 Å². The average molecular weight is 920 g/mol. The van der Waals surface area contributed by atoms with Gasteiger partial charge in [-0.05, 0) is 19.3 Å². The van der Waals surface area contributed by atoms with Crippen molar-refractivity contribution in [3.05, 3.63) is 0 Å². The molecule has 0 aliphatic heterocycles. The molecule has 0 aromatic rings. The Hall–Kier alpha value is -1.59. The first kappa shape index (κ1) is 63.4. The lowest BCUT2D eigenvalue weighted by atomic mass is 10.0. The van der Waals surface area contributed by atoms with Gasteiger partial charge in [-0.25, -0.2) is 0 Å². The standard InChI is InChI=1S/C59H114O6/c1-4-7-10-13-16-19-22-25-27-28-29-30-32-35-38-41-44-47-50-53-59(62)65-56(54-63-57(60)51-48-45-42-39-36-33-24-21-18-15-12-9-6-3)55-64-58(61)52-49-46-43-40-37-34-31-26-23-20-17-14-11-8-5-2/h56H,4-55H2,1-3H3/t56-/m1/s1. The molecule has 0 rings (SSSR count). The quantitative estimate of drug-likeness (QED) is 0.0344. The maximum absolute atomic E-state index is 12.9. The third-order valence-corrected chi connectivity index (χ3v) is 13.6. The molecule has 0 aliphatic carbocycles. The molecule has 0 amide bonds. The maximum atomic E-state index is 12.9. The molecule has 0 unspecified atom stereocenters. The number of hydrogen-bond donors (Lipinski definition) is 0. The van der Waals surface area contributed by atoms with Crippen LogP contribution in [-0.2, 0) is 28.6 Å². The SMILES string of the molecule is CCCCCCCCCCCCCCCCCCCCCC(=O)O[C@H](COC(=O)CCCCCCCCCCCCCCC)COC(=O)CCCCCCCCCCCCCCCCC. The van der Waals surface area contributed by atoms with Crippen LogP contribution in [0.4, 0.5) is 0 Å². The number of carbonyl (C=O) groups is 3. The summed E-state index contributed by atoms with van der Waals surface area (Å²) in [4.78, 5) is 38.1. The second-order valence-corrected chi connectivity index (χ2v) is 20.3. The summed E-state index contributed by atoms with van der Waals surface area (Å²) in [6, 6.07) is 0. The van der Waals surface area contributed by atoms with Crippen molar-refractivity contribution in [2.75, 3.05) is 13.2 Å². The first-order valence-electron chi connectivity index (χ1n) is 29.5. The van der Waals surface area contributed by atoms with E-state index < -0.39 is 6.10 Å². The van der Waals surface area contributed by atoms with E-state index in [1.807, 2.05) is 0 Å². The predicted octanol–water partition coefficient (Wildman–Crippen LogP) is 19.5. The molecular formula is C59H114O6. The normalized spacial score (nSPS) is 11.9. The van der Waals surface area contributed by atoms with Gasteiger partial charge in [0.2, 0.25) is 0 Å². The van der Waals surface area contributed by atoms with Gasteiger partial charge in [-0.1, -0.05) is 303 Å². The Morgan fingerprint density at radius 2 is 0.415 bits per heavy atom. The molecule has 0 aromatic heterocycles. The maximum Gasteiger partial charge on any atom is 0.306 e. The van der Waals surface area contributed by atoms with E-state index in [4.69, 9.17) is 14.2 Å². The van der Waals surface area contributed by atoms with E-state index in [0.717, 1.165) is 57.8 Å². The Morgan fingerprint density at radius 3 is 0.615 bits per heavy atom. The van der Waals surface area contributed by atoms with Crippen molar-refractivity contribution in [2.45, 2.75) is 348 Å². The summed E-state index contributed by atoms with van der Waals surface area (Å²) in [5, 5.41) is 0. The summed E-state index contributed by atoms with van der Waals surface area (Å²) in [7, 11) is 0. The van der Waals surface area contributed by atoms with Crippen LogP contribution in [0, 0.1) is 0 Å². The van der Waals surface area contributed by atoms with E-state index in [-0.39, 0.29) is 31.1 Å². The van der Waals surface area contributed by atoms with Crippen LogP contribution in [0.15, 0.2) is 0 Å². The van der Waals surface area contributed by atoms with Crippen LogP contribution in [-0.4, -0.2) is 37.2 Å². The molecule has 0 heterocycles. The number of unbranched alkanes of at least 4 members (excludes halogenated alkanes) is 44. The van der Waals surface area contributed by atoms with Crippen LogP contribution >= 0.6 is 0 Å². The first-order chi connectivity index (χ1) is 32.0. The zero-order valence-corrected chi connectivity index (χ0v) is 44.3. The highest BCUT2D eigenvalue weighted by Gasteiger charge is 2.19. The summed E-state index contributed by atoms with van der Waals surface area (Å²) in [6.45, 7) is 6.71. The molecule has 0 aliphatic rings. The number of ether oxygens (including phenoxy) is 3. The van der Waals surface area contributed by atoms with Crippen molar-refractivity contribution in [1.82, 2.24) is 0 Å². The highest BCUT2D eigenvalue weighted by molar-refractivity contribution is 5.71. The average Bonchev–Trinajstić information content (AvgIpc) is 3.30. The summed E-state index contributed by atoms with van der Waals surface area (Å²) in [5.41, 5.74) is 0. The molecule has 65 heavy (non-hydrogen) atoms. The molecule has 0 aromatic carbocycles. The van der Waals surface area contributed by atoms with Crippen LogP contribution < -0.4 is 0 Å². The van der Waals surface area contributed by atoms with Crippen molar-refractivity contribution >= 4 is 17.9 Å². The molecule has 0 N–H and O–H groups in total. The monoisotopic (exact) mass is 919 g/mol. The van der Waals surface area contributed by atoms with Gasteiger partial charge < -0.3 is 14.2 Å². The number of rotatable bonds is 55. The smallest absolute Gasteiger partial charge is 0.306 e. The van der Waals surface area contributed by atoms with Gasteiger partial charge in [0.05, 0.1) is 0 Å². The summed E-state index contributed by atoms with van der Waals surface area (Å²) in [5.74, 6) is -0.831. The summed E-state index contributed by atoms with van der Waals surface area (Å²) < 4.78 is 16.9. The van der Waals surface area contributed by atoms with Gasteiger partial charge in [-0.15, -0.1) is 0 Å². The molecule has 0 spiro atoms. The number of carbonyl (C=O) groups excluding carboxylic acids is 3. The number of hydrogen-bond acceptors (Lipinski definition) is 6. The van der Waals surface area contributed by atoms with E-state index in [9.17, 15) is 14.4 Å². The largest absolute Gasteiger partial charge is 0.462 e. The van der Waals surface area contributed by atoms with E-state index >= 15 is 0 Å². The lowest BCUT2D eigenvalue weighted by Crippen LogP contribution is -2.30. The Bertz CT molecular complexity index is 967. The molecule has 0 radical (unpaired) electrons. The van der Waals surface area contributed by atoms with Crippen LogP contribution in [0.5, 0.6) is 0 Å². The highest BCUT2D eigenvalue weighted by Crippen LogP contribution is 2.18. The minimum Gasteiger partial charge on any atom is -0.462 e. The van der Waals surface area contributed by atoms with Crippen molar-refractivity contribution in [3.63, 3.8) is 0 Å². The van der Waals surface area contributed by atoms with Crippen molar-refractivity contribution in [1.29, 1.82) is 0 Å². The Morgan fingerprint density at radius 1 is 0.246 bits per heavy atom. The number of esters is 3. The van der Waals surface area contributed by atoms with Gasteiger partial charge in [0.1, 0.15) is 13.2 Å². The Kier molecular flexibility index (Phi) is 53.7. The van der Waals surface area contributed by atoms with Crippen LogP contribution in [0.3, 0.4) is 0 Å². The molecule has 6 nitrogen and oxygen atoms in total. The van der Waals surface area contributed by atoms with Crippen LogP contribution in [0.25, 0.3) is 0 Å². The molecule has 1 atom stereocenters. The summed E-state index contributed by atoms with van der Waals surface area (Å²) >= 11 is 0. The lowest BCUT2D eigenvalue weighted by molar-refractivity contribution is -0.167. The Balaban J connectivity index is 4.27. The predicted molar refractivity (Wildman–Crippen MR) is 280 cm³/mol. The van der Waals surface area contributed by atoms with Gasteiger partial charge in [0.15, 0.2) is 6.10 Å². The molecule has 0 saturated heterocycles. The zero-order valence-electron chi connectivity index (χ0n) is 44.3. The molecular weight excluding hydrogens is 805 g/mol. The zero-order chi connectivity index (χ0) is 47.2. The van der Waals surface area contributed by atoms with E-state index in [0.29, 0.717) is 19.3 Å². The van der Waals surface area contributed by atoms with Crippen molar-refractivity contribution in [3.8, 4) is 0 Å². The Labute approximate surface area is 406 Å². The second kappa shape index (κ2) is 55.0. The third kappa shape index (κ3) is 53.2. The van der Waals surface area contributed by atoms with Gasteiger partial charge >= 0.3 is 17.9 Å². The van der Waals surface area contributed by atoms with Gasteiger partial charge in [-0.3, -0.25) is 14.4 Å². The summed E-state index contributed by atoms with van der Waals surface area (Å²) in [6.07, 6.45) is 60.9. The molecule has 386 valence electrons.